The first-order valence-electron chi connectivity index (χ1n) is 11.7. The van der Waals surface area contributed by atoms with E-state index in [-0.39, 0.29) is 22.8 Å². The summed E-state index contributed by atoms with van der Waals surface area (Å²) in [6.45, 7) is 2.56. The van der Waals surface area contributed by atoms with E-state index in [4.69, 9.17) is 8.94 Å². The molecule has 5 rings (SSSR count). The van der Waals surface area contributed by atoms with Crippen LogP contribution in [0.2, 0.25) is 0 Å². The van der Waals surface area contributed by atoms with Gasteiger partial charge in [0.1, 0.15) is 5.76 Å². The predicted molar refractivity (Wildman–Crippen MR) is 123 cm³/mol. The number of piperidine rings is 1. The lowest BCUT2D eigenvalue weighted by atomic mass is 9.96. The van der Waals surface area contributed by atoms with E-state index in [2.05, 4.69) is 15.5 Å². The third-order valence-electron chi connectivity index (χ3n) is 6.42. The predicted octanol–water partition coefficient (Wildman–Crippen LogP) is 3.36. The molecule has 34 heavy (non-hydrogen) atoms. The Balaban J connectivity index is 1.16. The number of amides is 1. The molecule has 9 nitrogen and oxygen atoms in total. The van der Waals surface area contributed by atoms with Gasteiger partial charge in [0.05, 0.1) is 11.2 Å². The molecule has 0 radical (unpaired) electrons. The molecule has 180 valence electrons. The first kappa shape index (κ1) is 22.8. The SMILES string of the molecule is CC(Cc1ccco1)NC(=O)C1CCN(S(=O)(=O)c2ccc(-c3noc(C4CC4)n3)cc2)CC1. The summed E-state index contributed by atoms with van der Waals surface area (Å²) in [6.07, 6.45) is 5.35. The third-order valence-corrected chi connectivity index (χ3v) is 8.33. The molecule has 2 fully saturated rings. The zero-order chi connectivity index (χ0) is 23.7. The molecule has 1 N–H and O–H groups in total. The average Bonchev–Trinajstić information content (AvgIpc) is 3.34. The highest BCUT2D eigenvalue weighted by Crippen LogP contribution is 2.39. The largest absolute Gasteiger partial charge is 0.469 e. The molecule has 1 saturated carbocycles. The van der Waals surface area contributed by atoms with Gasteiger partial charge < -0.3 is 14.3 Å². The molecule has 10 heteroatoms. The van der Waals surface area contributed by atoms with Crippen molar-refractivity contribution in [2.45, 2.75) is 55.9 Å². The normalized spacial score (nSPS) is 18.6. The molecule has 1 saturated heterocycles. The Hall–Kier alpha value is -2.98. The number of furan rings is 1. The molecular formula is C24H28N4O5S. The Labute approximate surface area is 198 Å². The summed E-state index contributed by atoms with van der Waals surface area (Å²) in [5.41, 5.74) is 0.716. The molecule has 1 atom stereocenters. The van der Waals surface area contributed by atoms with Crippen LogP contribution in [0.1, 0.15) is 50.2 Å². The third kappa shape index (κ3) is 4.92. The van der Waals surface area contributed by atoms with E-state index in [1.54, 1.807) is 30.5 Å². The smallest absolute Gasteiger partial charge is 0.243 e. The number of nitrogens with one attached hydrogen (secondary N) is 1. The molecule has 1 aliphatic heterocycles. The minimum atomic E-state index is -3.64. The van der Waals surface area contributed by atoms with Crippen LogP contribution in [0.15, 0.2) is 56.5 Å². The second-order valence-electron chi connectivity index (χ2n) is 9.13. The Morgan fingerprint density at radius 3 is 2.53 bits per heavy atom. The topological polar surface area (TPSA) is 119 Å². The van der Waals surface area contributed by atoms with Crippen molar-refractivity contribution in [3.8, 4) is 11.4 Å². The van der Waals surface area contributed by atoms with Crippen molar-refractivity contribution in [1.29, 1.82) is 0 Å². The van der Waals surface area contributed by atoms with Crippen LogP contribution in [0.5, 0.6) is 0 Å². The molecule has 2 aliphatic rings. The van der Waals surface area contributed by atoms with E-state index in [1.807, 2.05) is 19.1 Å². The van der Waals surface area contributed by atoms with Crippen LogP contribution >= 0.6 is 0 Å². The molecule has 1 aliphatic carbocycles. The van der Waals surface area contributed by atoms with Crippen molar-refractivity contribution in [2.75, 3.05) is 13.1 Å². The van der Waals surface area contributed by atoms with Gasteiger partial charge in [0.25, 0.3) is 0 Å². The Kier molecular flexibility index (Phi) is 6.26. The highest BCUT2D eigenvalue weighted by Gasteiger charge is 2.33. The van der Waals surface area contributed by atoms with Gasteiger partial charge in [0, 0.05) is 43.0 Å². The minimum Gasteiger partial charge on any atom is -0.469 e. The summed E-state index contributed by atoms with van der Waals surface area (Å²) in [7, 11) is -3.64. The van der Waals surface area contributed by atoms with Gasteiger partial charge >= 0.3 is 0 Å². The highest BCUT2D eigenvalue weighted by atomic mass is 32.2. The molecule has 0 spiro atoms. The molecule has 1 unspecified atom stereocenters. The number of rotatable bonds is 8. The van der Waals surface area contributed by atoms with Crippen LogP contribution < -0.4 is 5.32 Å². The number of aromatic nitrogens is 2. The molecule has 3 heterocycles. The number of carbonyl (C=O) groups is 1. The lowest BCUT2D eigenvalue weighted by Gasteiger charge is -2.31. The number of sulfonamides is 1. The van der Waals surface area contributed by atoms with Crippen molar-refractivity contribution in [2.24, 2.45) is 5.92 Å². The summed E-state index contributed by atoms with van der Waals surface area (Å²) < 4.78 is 38.3. The number of carbonyl (C=O) groups excluding carboxylic acids is 1. The second-order valence-corrected chi connectivity index (χ2v) is 11.1. The van der Waals surface area contributed by atoms with E-state index >= 15 is 0 Å². The molecule has 1 amide bonds. The fraction of sp³-hybridized carbons (Fsp3) is 0.458. The fourth-order valence-electron chi connectivity index (χ4n) is 4.27. The van der Waals surface area contributed by atoms with Crippen molar-refractivity contribution in [3.63, 3.8) is 0 Å². The highest BCUT2D eigenvalue weighted by molar-refractivity contribution is 7.89. The van der Waals surface area contributed by atoms with Gasteiger partial charge in [-0.2, -0.15) is 9.29 Å². The maximum atomic E-state index is 13.1. The Bertz CT molecular complexity index is 1220. The van der Waals surface area contributed by atoms with Crippen molar-refractivity contribution in [1.82, 2.24) is 19.8 Å². The summed E-state index contributed by atoms with van der Waals surface area (Å²) in [4.78, 5) is 17.3. The summed E-state index contributed by atoms with van der Waals surface area (Å²) in [5.74, 6) is 2.07. The van der Waals surface area contributed by atoms with Gasteiger partial charge in [-0.1, -0.05) is 5.16 Å². The number of benzene rings is 1. The van der Waals surface area contributed by atoms with Crippen molar-refractivity contribution >= 4 is 15.9 Å². The van der Waals surface area contributed by atoms with Crippen LogP contribution in [0.25, 0.3) is 11.4 Å². The standard InChI is InChI=1S/C24H28N4O5S/c1-16(15-20-3-2-14-32-20)25-23(29)18-10-12-28(13-11-18)34(30,31)21-8-6-17(7-9-21)22-26-24(33-27-22)19-4-5-19/h2-3,6-9,14,16,18-19H,4-5,10-13,15H2,1H3,(H,25,29). The van der Waals surface area contributed by atoms with E-state index in [0.29, 0.717) is 55.5 Å². The van der Waals surface area contributed by atoms with Crippen LogP contribution in [0.3, 0.4) is 0 Å². The minimum absolute atomic E-state index is 0.0360. The number of hydrogen-bond donors (Lipinski definition) is 1. The van der Waals surface area contributed by atoms with Gasteiger partial charge in [0.15, 0.2) is 0 Å². The van der Waals surface area contributed by atoms with E-state index < -0.39 is 10.0 Å². The molecular weight excluding hydrogens is 456 g/mol. The molecule has 1 aromatic carbocycles. The summed E-state index contributed by atoms with van der Waals surface area (Å²) in [6, 6.07) is 10.2. The van der Waals surface area contributed by atoms with Crippen LogP contribution in [-0.4, -0.2) is 47.9 Å². The first-order valence-corrected chi connectivity index (χ1v) is 13.1. The number of nitrogens with zero attached hydrogens (tertiary/aromatic N) is 3. The lowest BCUT2D eigenvalue weighted by Crippen LogP contribution is -2.45. The Morgan fingerprint density at radius 1 is 1.15 bits per heavy atom. The number of hydrogen-bond acceptors (Lipinski definition) is 7. The van der Waals surface area contributed by atoms with E-state index in [9.17, 15) is 13.2 Å². The summed E-state index contributed by atoms with van der Waals surface area (Å²) in [5, 5.41) is 7.03. The average molecular weight is 485 g/mol. The van der Waals surface area contributed by atoms with Crippen LogP contribution in [-0.2, 0) is 21.2 Å². The molecule has 3 aromatic rings. The second kappa shape index (κ2) is 9.34. The Morgan fingerprint density at radius 2 is 1.88 bits per heavy atom. The zero-order valence-corrected chi connectivity index (χ0v) is 19.8. The zero-order valence-electron chi connectivity index (χ0n) is 19.0. The van der Waals surface area contributed by atoms with Crippen molar-refractivity contribution < 1.29 is 22.2 Å². The lowest BCUT2D eigenvalue weighted by molar-refractivity contribution is -0.126. The van der Waals surface area contributed by atoms with Gasteiger partial charge in [-0.05, 0) is 69.0 Å². The monoisotopic (exact) mass is 484 g/mol. The molecule has 0 bridgehead atoms. The first-order chi connectivity index (χ1) is 16.4. The van der Waals surface area contributed by atoms with Gasteiger partial charge in [-0.15, -0.1) is 0 Å². The van der Waals surface area contributed by atoms with E-state index in [1.165, 1.54) is 4.31 Å². The van der Waals surface area contributed by atoms with Crippen LogP contribution in [0.4, 0.5) is 0 Å². The maximum absolute atomic E-state index is 13.1. The van der Waals surface area contributed by atoms with Gasteiger partial charge in [0.2, 0.25) is 27.6 Å². The van der Waals surface area contributed by atoms with Gasteiger partial charge in [-0.3, -0.25) is 4.79 Å². The van der Waals surface area contributed by atoms with Gasteiger partial charge in [-0.25, -0.2) is 8.42 Å². The van der Waals surface area contributed by atoms with Crippen molar-refractivity contribution in [3.05, 3.63) is 54.3 Å². The molecule has 2 aromatic heterocycles. The van der Waals surface area contributed by atoms with Crippen LogP contribution in [0, 0.1) is 5.92 Å². The quantitative estimate of drug-likeness (QED) is 0.521. The summed E-state index contributed by atoms with van der Waals surface area (Å²) >= 11 is 0. The maximum Gasteiger partial charge on any atom is 0.243 e. The fourth-order valence-corrected chi connectivity index (χ4v) is 5.74. The van der Waals surface area contributed by atoms with E-state index in [0.717, 1.165) is 18.6 Å².